The van der Waals surface area contributed by atoms with Gasteiger partial charge in [0.2, 0.25) is 0 Å². The molecule has 0 fully saturated rings. The summed E-state index contributed by atoms with van der Waals surface area (Å²) < 4.78 is 12.9. The van der Waals surface area contributed by atoms with Crippen molar-refractivity contribution >= 4 is 45.8 Å². The maximum Gasteiger partial charge on any atom is 0.261 e. The Morgan fingerprint density at radius 1 is 1.11 bits per heavy atom. The molecule has 3 heterocycles. The number of allylic oxidation sites excluding steroid dienone is 1. The summed E-state index contributed by atoms with van der Waals surface area (Å²) in [5.74, 6) is 1.88. The van der Waals surface area contributed by atoms with Crippen LogP contribution in [0.15, 0.2) is 35.1 Å². The molecule has 0 N–H and O–H groups in total. The Morgan fingerprint density at radius 2 is 1.96 bits per heavy atom. The van der Waals surface area contributed by atoms with Crippen LogP contribution in [0, 0.1) is 0 Å². The fraction of sp³-hybridized carbons (Fsp3) is 0.200. The molecule has 2 aromatic carbocycles. The van der Waals surface area contributed by atoms with E-state index in [9.17, 15) is 4.79 Å². The maximum atomic E-state index is 12.8. The maximum absolute atomic E-state index is 12.8. The minimum atomic E-state index is -0.0460. The highest BCUT2D eigenvalue weighted by Gasteiger charge is 2.22. The molecule has 1 aromatic heterocycles. The van der Waals surface area contributed by atoms with Crippen molar-refractivity contribution in [3.05, 3.63) is 62.1 Å². The quantitative estimate of drug-likeness (QED) is 0.606. The second-order valence-electron chi connectivity index (χ2n) is 6.50. The van der Waals surface area contributed by atoms with Gasteiger partial charge in [0.25, 0.3) is 5.56 Å². The van der Waals surface area contributed by atoms with Gasteiger partial charge >= 0.3 is 0 Å². The zero-order valence-electron chi connectivity index (χ0n) is 14.2. The van der Waals surface area contributed by atoms with Crippen molar-refractivity contribution in [2.24, 2.45) is 0 Å². The van der Waals surface area contributed by atoms with E-state index in [0.29, 0.717) is 58.0 Å². The van der Waals surface area contributed by atoms with Gasteiger partial charge in [0.05, 0.1) is 15.9 Å². The molecule has 0 atom stereocenters. The van der Waals surface area contributed by atoms with Gasteiger partial charge in [-0.3, -0.25) is 9.36 Å². The highest BCUT2D eigenvalue weighted by atomic mass is 35.5. The lowest BCUT2D eigenvalue weighted by Gasteiger charge is -2.19. The minimum absolute atomic E-state index is 0.0460. The third kappa shape index (κ3) is 2.78. The second-order valence-corrected chi connectivity index (χ2v) is 7.34. The van der Waals surface area contributed by atoms with Gasteiger partial charge in [-0.1, -0.05) is 23.2 Å². The Balaban J connectivity index is 1.64. The molecule has 3 aromatic rings. The summed E-state index contributed by atoms with van der Waals surface area (Å²) in [7, 11) is 0. The molecule has 0 unspecified atom stereocenters. The first-order valence-electron chi connectivity index (χ1n) is 8.60. The topological polar surface area (TPSA) is 53.4 Å². The third-order valence-electron chi connectivity index (χ3n) is 4.77. The number of nitrogens with zero attached hydrogens (tertiary/aromatic N) is 2. The first-order valence-corrected chi connectivity index (χ1v) is 9.36. The van der Waals surface area contributed by atoms with E-state index in [2.05, 4.69) is 4.98 Å². The molecule has 2 aliphatic heterocycles. The van der Waals surface area contributed by atoms with Crippen molar-refractivity contribution in [2.45, 2.75) is 13.0 Å². The van der Waals surface area contributed by atoms with Gasteiger partial charge in [0.1, 0.15) is 19.0 Å². The normalized spacial score (nSPS) is 16.7. The van der Waals surface area contributed by atoms with Crippen LogP contribution < -0.4 is 15.0 Å². The predicted octanol–water partition coefficient (Wildman–Crippen LogP) is 4.42. The summed E-state index contributed by atoms with van der Waals surface area (Å²) in [6.45, 7) is 1.59. The largest absolute Gasteiger partial charge is 0.486 e. The lowest BCUT2D eigenvalue weighted by molar-refractivity contribution is 0.171. The Morgan fingerprint density at radius 3 is 2.85 bits per heavy atom. The SMILES string of the molecule is O=c1c2ccc(Cl)cc2nc2n1CC/C2=C\c1cc(Cl)c2c(c1)OCCO2. The molecule has 0 amide bonds. The van der Waals surface area contributed by atoms with E-state index in [0.717, 1.165) is 17.6 Å². The standard InChI is InChI=1S/C20H14Cl2N2O3/c21-13-1-2-14-16(10-13)23-19-12(3-4-24(19)20(14)25)7-11-8-15(22)18-17(9-11)26-5-6-27-18/h1-2,7-10H,3-6H2/b12-7+. The number of ether oxygens (including phenoxy) is 2. The van der Waals surface area contributed by atoms with Gasteiger partial charge in [-0.15, -0.1) is 0 Å². The molecule has 5 rings (SSSR count). The zero-order chi connectivity index (χ0) is 18.5. The number of hydrogen-bond donors (Lipinski definition) is 0. The van der Waals surface area contributed by atoms with Gasteiger partial charge in [-0.25, -0.2) is 4.98 Å². The molecule has 0 saturated heterocycles. The zero-order valence-corrected chi connectivity index (χ0v) is 15.7. The number of benzene rings is 2. The number of fused-ring (bicyclic) bond motifs is 3. The summed E-state index contributed by atoms with van der Waals surface area (Å²) in [4.78, 5) is 17.5. The molecular formula is C20H14Cl2N2O3. The van der Waals surface area contributed by atoms with E-state index in [4.69, 9.17) is 32.7 Å². The number of halogens is 2. The van der Waals surface area contributed by atoms with Gasteiger partial charge in [0.15, 0.2) is 11.5 Å². The average molecular weight is 401 g/mol. The Hall–Kier alpha value is -2.50. The van der Waals surface area contributed by atoms with Crippen LogP contribution in [0.1, 0.15) is 17.8 Å². The van der Waals surface area contributed by atoms with Crippen LogP contribution >= 0.6 is 23.2 Å². The third-order valence-corrected chi connectivity index (χ3v) is 5.29. The van der Waals surface area contributed by atoms with Crippen LogP contribution in [-0.2, 0) is 6.54 Å². The molecule has 0 spiro atoms. The lowest BCUT2D eigenvalue weighted by Crippen LogP contribution is -2.20. The average Bonchev–Trinajstić information content (AvgIpc) is 3.04. The number of rotatable bonds is 1. The molecule has 5 nitrogen and oxygen atoms in total. The molecule has 7 heteroatoms. The monoisotopic (exact) mass is 400 g/mol. The van der Waals surface area contributed by atoms with E-state index in [1.807, 2.05) is 18.2 Å². The Kier molecular flexibility index (Phi) is 3.88. The highest BCUT2D eigenvalue weighted by molar-refractivity contribution is 6.32. The van der Waals surface area contributed by atoms with E-state index in [1.165, 1.54) is 0 Å². The summed E-state index contributed by atoms with van der Waals surface area (Å²) in [6.07, 6.45) is 2.71. The molecule has 136 valence electrons. The predicted molar refractivity (Wildman–Crippen MR) is 106 cm³/mol. The van der Waals surface area contributed by atoms with Crippen LogP contribution in [0.2, 0.25) is 10.0 Å². The summed E-state index contributed by atoms with van der Waals surface area (Å²) in [5, 5.41) is 1.64. The molecule has 0 radical (unpaired) electrons. The van der Waals surface area contributed by atoms with Crippen molar-refractivity contribution in [1.29, 1.82) is 0 Å². The summed E-state index contributed by atoms with van der Waals surface area (Å²) in [5.41, 5.74) is 2.41. The van der Waals surface area contributed by atoms with Crippen LogP contribution in [0.5, 0.6) is 11.5 Å². The Labute approximate surface area is 164 Å². The molecule has 27 heavy (non-hydrogen) atoms. The van der Waals surface area contributed by atoms with Crippen molar-refractivity contribution in [3.8, 4) is 11.5 Å². The lowest BCUT2D eigenvalue weighted by atomic mass is 10.1. The van der Waals surface area contributed by atoms with Crippen molar-refractivity contribution < 1.29 is 9.47 Å². The molecular weight excluding hydrogens is 387 g/mol. The molecule has 0 saturated carbocycles. The van der Waals surface area contributed by atoms with Crippen molar-refractivity contribution in [2.75, 3.05) is 13.2 Å². The van der Waals surface area contributed by atoms with E-state index < -0.39 is 0 Å². The van der Waals surface area contributed by atoms with E-state index in [-0.39, 0.29) is 5.56 Å². The summed E-state index contributed by atoms with van der Waals surface area (Å²) >= 11 is 12.4. The smallest absolute Gasteiger partial charge is 0.261 e. The van der Waals surface area contributed by atoms with Crippen molar-refractivity contribution in [1.82, 2.24) is 9.55 Å². The number of aromatic nitrogens is 2. The highest BCUT2D eigenvalue weighted by Crippen LogP contribution is 2.39. The van der Waals surface area contributed by atoms with Gasteiger partial charge < -0.3 is 9.47 Å². The van der Waals surface area contributed by atoms with Gasteiger partial charge in [-0.05, 0) is 54.0 Å². The fourth-order valence-corrected chi connectivity index (χ4v) is 3.98. The Bertz CT molecular complexity index is 1180. The minimum Gasteiger partial charge on any atom is -0.486 e. The first kappa shape index (κ1) is 16.7. The van der Waals surface area contributed by atoms with E-state index >= 15 is 0 Å². The van der Waals surface area contributed by atoms with Crippen LogP contribution in [0.3, 0.4) is 0 Å². The molecule has 2 aliphatic rings. The summed E-state index contributed by atoms with van der Waals surface area (Å²) in [6, 6.07) is 8.88. The van der Waals surface area contributed by atoms with Crippen LogP contribution in [-0.4, -0.2) is 22.8 Å². The van der Waals surface area contributed by atoms with Gasteiger partial charge in [0, 0.05) is 11.6 Å². The first-order chi connectivity index (χ1) is 13.1. The number of hydrogen-bond acceptors (Lipinski definition) is 4. The van der Waals surface area contributed by atoms with Crippen molar-refractivity contribution in [3.63, 3.8) is 0 Å². The van der Waals surface area contributed by atoms with Crippen LogP contribution in [0.4, 0.5) is 0 Å². The van der Waals surface area contributed by atoms with Crippen LogP contribution in [0.25, 0.3) is 22.6 Å². The second kappa shape index (κ2) is 6.29. The van der Waals surface area contributed by atoms with E-state index in [1.54, 1.807) is 22.8 Å². The molecule has 0 bridgehead atoms. The molecule has 0 aliphatic carbocycles. The fourth-order valence-electron chi connectivity index (χ4n) is 3.54. The van der Waals surface area contributed by atoms with Gasteiger partial charge in [-0.2, -0.15) is 0 Å².